The predicted octanol–water partition coefficient (Wildman–Crippen LogP) is 4.76. The lowest BCUT2D eigenvalue weighted by molar-refractivity contribution is 0.314. The van der Waals surface area contributed by atoms with Crippen LogP contribution in [-0.2, 0) is 6.54 Å². The third-order valence-electron chi connectivity index (χ3n) is 4.31. The maximum absolute atomic E-state index is 6.19. The summed E-state index contributed by atoms with van der Waals surface area (Å²) in [6.45, 7) is 4.22. The first-order valence-corrected chi connectivity index (χ1v) is 7.42. The zero-order chi connectivity index (χ0) is 13.3. The van der Waals surface area contributed by atoms with Crippen molar-refractivity contribution in [3.05, 3.63) is 35.0 Å². The molecule has 19 heavy (non-hydrogen) atoms. The Balaban J connectivity index is 1.70. The van der Waals surface area contributed by atoms with Crippen LogP contribution in [0.5, 0.6) is 0 Å². The van der Waals surface area contributed by atoms with Gasteiger partial charge in [-0.15, -0.1) is 0 Å². The van der Waals surface area contributed by atoms with E-state index in [1.807, 2.05) is 18.2 Å². The lowest BCUT2D eigenvalue weighted by atomic mass is 9.89. The summed E-state index contributed by atoms with van der Waals surface area (Å²) in [6, 6.07) is 8.02. The van der Waals surface area contributed by atoms with Crippen LogP contribution in [0.15, 0.2) is 28.7 Å². The van der Waals surface area contributed by atoms with E-state index >= 15 is 0 Å². The van der Waals surface area contributed by atoms with Crippen LogP contribution in [-0.4, -0.2) is 6.54 Å². The zero-order valence-corrected chi connectivity index (χ0v) is 12.1. The zero-order valence-electron chi connectivity index (χ0n) is 11.3. The average Bonchev–Trinajstić information content (AvgIpc) is 2.95. The molecular formula is C16H20ClNO. The average molecular weight is 278 g/mol. The fourth-order valence-corrected chi connectivity index (χ4v) is 3.38. The van der Waals surface area contributed by atoms with Crippen molar-refractivity contribution in [1.29, 1.82) is 0 Å². The second kappa shape index (κ2) is 5.18. The normalized spacial score (nSPS) is 18.2. The molecule has 1 aliphatic carbocycles. The van der Waals surface area contributed by atoms with E-state index in [1.165, 1.54) is 25.7 Å². The fraction of sp³-hybridized carbons (Fsp3) is 0.500. The molecule has 1 saturated carbocycles. The van der Waals surface area contributed by atoms with Gasteiger partial charge in [0.1, 0.15) is 5.58 Å². The van der Waals surface area contributed by atoms with Crippen LogP contribution in [0.25, 0.3) is 11.0 Å². The van der Waals surface area contributed by atoms with Crippen LogP contribution in [0.1, 0.15) is 38.2 Å². The molecule has 2 nitrogen and oxygen atoms in total. The number of furan rings is 1. The Hall–Kier alpha value is -0.990. The van der Waals surface area contributed by atoms with Gasteiger partial charge < -0.3 is 9.73 Å². The van der Waals surface area contributed by atoms with Crippen molar-refractivity contribution in [2.75, 3.05) is 6.54 Å². The van der Waals surface area contributed by atoms with E-state index in [4.69, 9.17) is 16.0 Å². The Labute approximate surface area is 119 Å². The molecule has 0 bridgehead atoms. The molecule has 3 heteroatoms. The van der Waals surface area contributed by atoms with Crippen LogP contribution in [0.3, 0.4) is 0 Å². The van der Waals surface area contributed by atoms with Crippen molar-refractivity contribution in [2.24, 2.45) is 5.41 Å². The van der Waals surface area contributed by atoms with E-state index in [0.717, 1.165) is 29.6 Å². The summed E-state index contributed by atoms with van der Waals surface area (Å²) in [6.07, 6.45) is 5.40. The molecule has 0 atom stereocenters. The van der Waals surface area contributed by atoms with Gasteiger partial charge in [-0.05, 0) is 35.9 Å². The minimum absolute atomic E-state index is 0.464. The van der Waals surface area contributed by atoms with Crippen LogP contribution in [0.2, 0.25) is 5.22 Å². The first-order chi connectivity index (χ1) is 9.18. The molecule has 1 aliphatic rings. The fourth-order valence-electron chi connectivity index (χ4n) is 3.13. The minimum Gasteiger partial charge on any atom is -0.444 e. The van der Waals surface area contributed by atoms with Crippen LogP contribution in [0, 0.1) is 5.41 Å². The van der Waals surface area contributed by atoms with Gasteiger partial charge in [-0.3, -0.25) is 0 Å². The topological polar surface area (TPSA) is 25.2 Å². The van der Waals surface area contributed by atoms with Crippen molar-refractivity contribution >= 4 is 22.6 Å². The van der Waals surface area contributed by atoms with Crippen molar-refractivity contribution in [2.45, 2.75) is 39.2 Å². The van der Waals surface area contributed by atoms with E-state index in [0.29, 0.717) is 10.6 Å². The molecule has 2 aromatic rings. The predicted molar refractivity (Wildman–Crippen MR) is 79.5 cm³/mol. The summed E-state index contributed by atoms with van der Waals surface area (Å²) in [5.41, 5.74) is 2.42. The van der Waals surface area contributed by atoms with Crippen LogP contribution in [0.4, 0.5) is 0 Å². The molecule has 102 valence electrons. The SMILES string of the molecule is CC1(CNCc2c(Cl)oc3ccccc23)CCCC1. The Morgan fingerprint density at radius 1 is 1.26 bits per heavy atom. The van der Waals surface area contributed by atoms with Gasteiger partial charge in [0.25, 0.3) is 0 Å². The van der Waals surface area contributed by atoms with Crippen molar-refractivity contribution < 1.29 is 4.42 Å². The number of halogens is 1. The minimum atomic E-state index is 0.464. The quantitative estimate of drug-likeness (QED) is 0.872. The van der Waals surface area contributed by atoms with E-state index in [-0.39, 0.29) is 0 Å². The molecule has 1 aromatic carbocycles. The Kier molecular flexibility index (Phi) is 3.55. The van der Waals surface area contributed by atoms with Gasteiger partial charge in [0.15, 0.2) is 5.22 Å². The molecule has 0 radical (unpaired) electrons. The second-order valence-electron chi connectivity index (χ2n) is 5.97. The largest absolute Gasteiger partial charge is 0.444 e. The summed E-state index contributed by atoms with van der Waals surface area (Å²) in [7, 11) is 0. The monoisotopic (exact) mass is 277 g/mol. The summed E-state index contributed by atoms with van der Waals surface area (Å²) in [5, 5.41) is 5.20. The van der Waals surface area contributed by atoms with E-state index < -0.39 is 0 Å². The number of hydrogen-bond donors (Lipinski definition) is 1. The molecule has 0 spiro atoms. The Morgan fingerprint density at radius 2 is 2.00 bits per heavy atom. The number of hydrogen-bond acceptors (Lipinski definition) is 2. The Morgan fingerprint density at radius 3 is 2.79 bits per heavy atom. The van der Waals surface area contributed by atoms with Gasteiger partial charge in [0.2, 0.25) is 0 Å². The second-order valence-corrected chi connectivity index (χ2v) is 6.32. The first-order valence-electron chi connectivity index (χ1n) is 7.05. The lowest BCUT2D eigenvalue weighted by Gasteiger charge is -2.23. The van der Waals surface area contributed by atoms with E-state index in [2.05, 4.69) is 18.3 Å². The van der Waals surface area contributed by atoms with Crippen molar-refractivity contribution in [3.63, 3.8) is 0 Å². The lowest BCUT2D eigenvalue weighted by Crippen LogP contribution is -2.29. The first kappa shape index (κ1) is 13.0. The third-order valence-corrected chi connectivity index (χ3v) is 4.62. The number of para-hydroxylation sites is 1. The van der Waals surface area contributed by atoms with Crippen molar-refractivity contribution in [1.82, 2.24) is 5.32 Å². The van der Waals surface area contributed by atoms with Crippen LogP contribution < -0.4 is 5.32 Å². The van der Waals surface area contributed by atoms with Gasteiger partial charge in [0.05, 0.1) is 0 Å². The highest BCUT2D eigenvalue weighted by atomic mass is 35.5. The summed E-state index contributed by atoms with van der Waals surface area (Å²) < 4.78 is 5.57. The van der Waals surface area contributed by atoms with Gasteiger partial charge in [-0.25, -0.2) is 0 Å². The Bertz CT molecular complexity index is 569. The molecule has 3 rings (SSSR count). The summed E-state index contributed by atoms with van der Waals surface area (Å²) in [4.78, 5) is 0. The summed E-state index contributed by atoms with van der Waals surface area (Å²) in [5.74, 6) is 0. The summed E-state index contributed by atoms with van der Waals surface area (Å²) >= 11 is 6.19. The van der Waals surface area contributed by atoms with Gasteiger partial charge >= 0.3 is 0 Å². The number of nitrogens with one attached hydrogen (secondary N) is 1. The standard InChI is InChI=1S/C16H20ClNO/c1-16(8-4-5-9-16)11-18-10-13-12-6-2-3-7-14(12)19-15(13)17/h2-3,6-7,18H,4-5,8-11H2,1H3. The number of rotatable bonds is 4. The molecule has 0 aliphatic heterocycles. The molecule has 0 saturated heterocycles. The van der Waals surface area contributed by atoms with Gasteiger partial charge in [-0.2, -0.15) is 0 Å². The smallest absolute Gasteiger partial charge is 0.199 e. The highest BCUT2D eigenvalue weighted by Crippen LogP contribution is 2.37. The molecule has 0 unspecified atom stereocenters. The maximum Gasteiger partial charge on any atom is 0.199 e. The van der Waals surface area contributed by atoms with Crippen molar-refractivity contribution in [3.8, 4) is 0 Å². The van der Waals surface area contributed by atoms with Crippen LogP contribution >= 0.6 is 11.6 Å². The third kappa shape index (κ3) is 2.65. The number of benzene rings is 1. The molecule has 1 N–H and O–H groups in total. The molecule has 1 aromatic heterocycles. The molecule has 1 fully saturated rings. The maximum atomic E-state index is 6.19. The van der Waals surface area contributed by atoms with E-state index in [9.17, 15) is 0 Å². The molecule has 1 heterocycles. The van der Waals surface area contributed by atoms with E-state index in [1.54, 1.807) is 0 Å². The highest BCUT2D eigenvalue weighted by Gasteiger charge is 2.28. The van der Waals surface area contributed by atoms with Gasteiger partial charge in [0, 0.05) is 24.0 Å². The highest BCUT2D eigenvalue weighted by molar-refractivity contribution is 6.30. The molecule has 0 amide bonds. The number of fused-ring (bicyclic) bond motifs is 1. The molecular weight excluding hydrogens is 258 g/mol. The van der Waals surface area contributed by atoms with Gasteiger partial charge in [-0.1, -0.05) is 38.0 Å².